The lowest BCUT2D eigenvalue weighted by molar-refractivity contribution is -0.169. The third-order valence-corrected chi connectivity index (χ3v) is 3.48. The molecule has 1 heterocycles. The average molecular weight is 256 g/mol. The topological polar surface area (TPSA) is 52.6 Å². The highest BCUT2D eigenvalue weighted by atomic mass is 16.5. The van der Waals surface area contributed by atoms with Crippen LogP contribution in [0.15, 0.2) is 0 Å². The van der Waals surface area contributed by atoms with E-state index in [2.05, 4.69) is 6.92 Å². The SMILES string of the molecule is CCCCCCC1(C(=O)OCC)COCCC1=O. The molecule has 4 heteroatoms. The molecule has 1 atom stereocenters. The first-order valence-corrected chi connectivity index (χ1v) is 6.95. The molecule has 18 heavy (non-hydrogen) atoms. The van der Waals surface area contributed by atoms with Gasteiger partial charge >= 0.3 is 5.97 Å². The number of Topliss-reactive ketones (excluding diaryl/α,β-unsaturated/α-hetero) is 1. The van der Waals surface area contributed by atoms with Gasteiger partial charge in [0.1, 0.15) is 5.41 Å². The zero-order valence-electron chi connectivity index (χ0n) is 11.5. The van der Waals surface area contributed by atoms with E-state index >= 15 is 0 Å². The maximum atomic E-state index is 12.1. The van der Waals surface area contributed by atoms with Gasteiger partial charge in [-0.1, -0.05) is 32.6 Å². The Morgan fingerprint density at radius 2 is 2.11 bits per heavy atom. The summed E-state index contributed by atoms with van der Waals surface area (Å²) in [5.41, 5.74) is -1.03. The fraction of sp³-hybridized carbons (Fsp3) is 0.857. The van der Waals surface area contributed by atoms with Crippen LogP contribution in [0.4, 0.5) is 0 Å². The van der Waals surface area contributed by atoms with E-state index in [9.17, 15) is 9.59 Å². The molecule has 0 aromatic heterocycles. The van der Waals surface area contributed by atoms with Crippen molar-refractivity contribution in [2.45, 2.75) is 52.4 Å². The molecule has 0 saturated carbocycles. The van der Waals surface area contributed by atoms with Crippen molar-refractivity contribution in [1.82, 2.24) is 0 Å². The van der Waals surface area contributed by atoms with Gasteiger partial charge in [0, 0.05) is 6.42 Å². The standard InChI is InChI=1S/C14H24O4/c1-3-5-6-7-9-14(13(16)18-4-2)11-17-10-8-12(14)15/h3-11H2,1-2H3. The first-order chi connectivity index (χ1) is 8.67. The third-order valence-electron chi connectivity index (χ3n) is 3.48. The van der Waals surface area contributed by atoms with E-state index in [0.29, 0.717) is 26.1 Å². The average Bonchev–Trinajstić information content (AvgIpc) is 2.37. The summed E-state index contributed by atoms with van der Waals surface area (Å²) in [6, 6.07) is 0. The van der Waals surface area contributed by atoms with Gasteiger partial charge in [-0.15, -0.1) is 0 Å². The number of ether oxygens (including phenoxy) is 2. The van der Waals surface area contributed by atoms with Crippen LogP contribution in [0.25, 0.3) is 0 Å². The molecule has 4 nitrogen and oxygen atoms in total. The van der Waals surface area contributed by atoms with E-state index < -0.39 is 11.4 Å². The van der Waals surface area contributed by atoms with Crippen LogP contribution in [-0.4, -0.2) is 31.6 Å². The molecule has 1 aliphatic heterocycles. The number of carbonyl (C=O) groups is 2. The van der Waals surface area contributed by atoms with Gasteiger partial charge in [0.25, 0.3) is 0 Å². The summed E-state index contributed by atoms with van der Waals surface area (Å²) in [7, 11) is 0. The summed E-state index contributed by atoms with van der Waals surface area (Å²) in [6.07, 6.45) is 5.08. The van der Waals surface area contributed by atoms with E-state index in [1.165, 1.54) is 0 Å². The van der Waals surface area contributed by atoms with Gasteiger partial charge in [0.2, 0.25) is 0 Å². The Labute approximate surface area is 109 Å². The zero-order chi connectivity index (χ0) is 13.4. The Morgan fingerprint density at radius 3 is 2.72 bits per heavy atom. The number of rotatable bonds is 7. The lowest BCUT2D eigenvalue weighted by Crippen LogP contribution is -2.48. The summed E-state index contributed by atoms with van der Waals surface area (Å²) in [5, 5.41) is 0. The van der Waals surface area contributed by atoms with Crippen molar-refractivity contribution in [3.05, 3.63) is 0 Å². The molecule has 0 N–H and O–H groups in total. The molecule has 1 fully saturated rings. The molecule has 1 rings (SSSR count). The predicted molar refractivity (Wildman–Crippen MR) is 68.3 cm³/mol. The molecule has 0 aliphatic carbocycles. The van der Waals surface area contributed by atoms with Crippen LogP contribution >= 0.6 is 0 Å². The number of hydrogen-bond donors (Lipinski definition) is 0. The minimum Gasteiger partial charge on any atom is -0.465 e. The van der Waals surface area contributed by atoms with Crippen LogP contribution in [-0.2, 0) is 19.1 Å². The van der Waals surface area contributed by atoms with Crippen molar-refractivity contribution < 1.29 is 19.1 Å². The smallest absolute Gasteiger partial charge is 0.322 e. The Balaban J connectivity index is 2.67. The predicted octanol–water partition coefficient (Wildman–Crippen LogP) is 2.50. The third kappa shape index (κ3) is 3.55. The van der Waals surface area contributed by atoms with Crippen molar-refractivity contribution >= 4 is 11.8 Å². The Bertz CT molecular complexity index is 288. The summed E-state index contributed by atoms with van der Waals surface area (Å²) < 4.78 is 10.4. The lowest BCUT2D eigenvalue weighted by atomic mass is 9.77. The second kappa shape index (κ2) is 7.52. The molecule has 0 aromatic carbocycles. The van der Waals surface area contributed by atoms with E-state index in [0.717, 1.165) is 25.7 Å². The highest BCUT2D eigenvalue weighted by molar-refractivity contribution is 6.04. The van der Waals surface area contributed by atoms with Crippen LogP contribution in [0, 0.1) is 5.41 Å². The fourth-order valence-electron chi connectivity index (χ4n) is 2.34. The van der Waals surface area contributed by atoms with Crippen molar-refractivity contribution in [3.63, 3.8) is 0 Å². The van der Waals surface area contributed by atoms with Crippen molar-refractivity contribution in [1.29, 1.82) is 0 Å². The maximum Gasteiger partial charge on any atom is 0.322 e. The largest absolute Gasteiger partial charge is 0.465 e. The van der Waals surface area contributed by atoms with Crippen LogP contribution < -0.4 is 0 Å². The van der Waals surface area contributed by atoms with Crippen LogP contribution in [0.2, 0.25) is 0 Å². The summed E-state index contributed by atoms with van der Waals surface area (Å²) in [6.45, 7) is 4.82. The monoisotopic (exact) mass is 256 g/mol. The van der Waals surface area contributed by atoms with Gasteiger partial charge in [-0.3, -0.25) is 9.59 Å². The second-order valence-corrected chi connectivity index (χ2v) is 4.84. The molecule has 0 bridgehead atoms. The zero-order valence-corrected chi connectivity index (χ0v) is 11.5. The Morgan fingerprint density at radius 1 is 1.33 bits per heavy atom. The highest BCUT2D eigenvalue weighted by Crippen LogP contribution is 2.33. The first kappa shape index (κ1) is 15.2. The first-order valence-electron chi connectivity index (χ1n) is 6.95. The molecule has 0 radical (unpaired) electrons. The Kier molecular flexibility index (Phi) is 6.33. The minimum atomic E-state index is -1.03. The molecule has 0 amide bonds. The molecule has 1 unspecified atom stereocenters. The van der Waals surface area contributed by atoms with E-state index in [1.807, 2.05) is 0 Å². The normalized spacial score (nSPS) is 24.0. The van der Waals surface area contributed by atoms with Crippen LogP contribution in [0.3, 0.4) is 0 Å². The van der Waals surface area contributed by atoms with E-state index in [1.54, 1.807) is 6.92 Å². The number of hydrogen-bond acceptors (Lipinski definition) is 4. The van der Waals surface area contributed by atoms with Gasteiger partial charge < -0.3 is 9.47 Å². The van der Waals surface area contributed by atoms with E-state index in [-0.39, 0.29) is 12.4 Å². The minimum absolute atomic E-state index is 0.0105. The highest BCUT2D eigenvalue weighted by Gasteiger charge is 2.48. The van der Waals surface area contributed by atoms with Gasteiger partial charge in [-0.05, 0) is 13.3 Å². The molecular weight excluding hydrogens is 232 g/mol. The molecule has 1 saturated heterocycles. The second-order valence-electron chi connectivity index (χ2n) is 4.84. The maximum absolute atomic E-state index is 12.1. The number of carbonyl (C=O) groups excluding carboxylic acids is 2. The van der Waals surface area contributed by atoms with E-state index in [4.69, 9.17) is 9.47 Å². The number of esters is 1. The van der Waals surface area contributed by atoms with Crippen molar-refractivity contribution in [2.75, 3.05) is 19.8 Å². The van der Waals surface area contributed by atoms with Gasteiger partial charge in [-0.25, -0.2) is 0 Å². The van der Waals surface area contributed by atoms with Crippen molar-refractivity contribution in [2.24, 2.45) is 5.41 Å². The molecular formula is C14H24O4. The van der Waals surface area contributed by atoms with Gasteiger partial charge in [0.05, 0.1) is 19.8 Å². The summed E-state index contributed by atoms with van der Waals surface area (Å²) in [5.74, 6) is -0.408. The summed E-state index contributed by atoms with van der Waals surface area (Å²) >= 11 is 0. The number of unbranched alkanes of at least 4 members (excludes halogenated alkanes) is 3. The van der Waals surface area contributed by atoms with Crippen molar-refractivity contribution in [3.8, 4) is 0 Å². The van der Waals surface area contributed by atoms with Crippen LogP contribution in [0.5, 0.6) is 0 Å². The Hall–Kier alpha value is -0.900. The molecule has 104 valence electrons. The van der Waals surface area contributed by atoms with Gasteiger partial charge in [0.15, 0.2) is 5.78 Å². The lowest BCUT2D eigenvalue weighted by Gasteiger charge is -2.33. The number of ketones is 1. The van der Waals surface area contributed by atoms with Gasteiger partial charge in [-0.2, -0.15) is 0 Å². The van der Waals surface area contributed by atoms with Crippen LogP contribution in [0.1, 0.15) is 52.4 Å². The molecule has 0 aromatic rings. The quantitative estimate of drug-likeness (QED) is 0.399. The summed E-state index contributed by atoms with van der Waals surface area (Å²) in [4.78, 5) is 24.2. The molecule has 1 aliphatic rings. The molecule has 0 spiro atoms. The fourth-order valence-corrected chi connectivity index (χ4v) is 2.34.